The first-order valence-electron chi connectivity index (χ1n) is 5.78. The standard InChI is InChI=1S/C13H13FN2O3S/c1-13(2,18)11(17)16-12-15-7-10(20-12)19-9-6-4-3-5-8(9)14/h3-7,18H,1-2H3,(H,15,16,17). The molecule has 106 valence electrons. The van der Waals surface area contributed by atoms with E-state index < -0.39 is 17.3 Å². The largest absolute Gasteiger partial charge is 0.442 e. The van der Waals surface area contributed by atoms with Crippen LogP contribution in [-0.4, -0.2) is 21.6 Å². The highest BCUT2D eigenvalue weighted by molar-refractivity contribution is 7.17. The molecule has 0 bridgehead atoms. The van der Waals surface area contributed by atoms with Crippen LogP contribution in [0.15, 0.2) is 30.5 Å². The Bertz CT molecular complexity index is 622. The molecule has 0 atom stereocenters. The summed E-state index contributed by atoms with van der Waals surface area (Å²) in [7, 11) is 0. The van der Waals surface area contributed by atoms with Gasteiger partial charge in [-0.15, -0.1) is 0 Å². The number of aromatic nitrogens is 1. The van der Waals surface area contributed by atoms with E-state index in [1.54, 1.807) is 12.1 Å². The molecule has 0 spiro atoms. The van der Waals surface area contributed by atoms with Crippen LogP contribution >= 0.6 is 11.3 Å². The summed E-state index contributed by atoms with van der Waals surface area (Å²) in [6, 6.07) is 5.98. The minimum absolute atomic E-state index is 0.0801. The molecule has 7 heteroatoms. The number of hydrogen-bond donors (Lipinski definition) is 2. The number of halogens is 1. The molecule has 0 radical (unpaired) electrons. The molecule has 0 aliphatic rings. The van der Waals surface area contributed by atoms with Gasteiger partial charge in [0.1, 0.15) is 5.60 Å². The highest BCUT2D eigenvalue weighted by Crippen LogP contribution is 2.31. The predicted octanol–water partition coefficient (Wildman–Crippen LogP) is 2.78. The summed E-state index contributed by atoms with van der Waals surface area (Å²) in [6.45, 7) is 2.74. The third kappa shape index (κ3) is 3.52. The molecule has 1 heterocycles. The number of para-hydroxylation sites is 1. The molecule has 0 aliphatic carbocycles. The molecule has 2 N–H and O–H groups in total. The Morgan fingerprint density at radius 3 is 2.80 bits per heavy atom. The van der Waals surface area contributed by atoms with Crippen LogP contribution in [0.2, 0.25) is 0 Å². The summed E-state index contributed by atoms with van der Waals surface area (Å²) in [6.07, 6.45) is 1.37. The van der Waals surface area contributed by atoms with E-state index in [4.69, 9.17) is 4.74 Å². The van der Waals surface area contributed by atoms with Crippen LogP contribution in [-0.2, 0) is 4.79 Å². The summed E-state index contributed by atoms with van der Waals surface area (Å²) in [4.78, 5) is 15.5. The molecule has 1 aromatic carbocycles. The van der Waals surface area contributed by atoms with Gasteiger partial charge in [-0.25, -0.2) is 9.37 Å². The maximum absolute atomic E-state index is 13.4. The Balaban J connectivity index is 2.07. The van der Waals surface area contributed by atoms with E-state index in [-0.39, 0.29) is 10.9 Å². The quantitative estimate of drug-likeness (QED) is 0.910. The van der Waals surface area contributed by atoms with Crippen molar-refractivity contribution in [2.24, 2.45) is 0 Å². The molecule has 1 aromatic heterocycles. The molecule has 0 saturated carbocycles. The van der Waals surface area contributed by atoms with Gasteiger partial charge in [0.25, 0.3) is 5.91 Å². The van der Waals surface area contributed by atoms with Gasteiger partial charge in [0, 0.05) is 0 Å². The lowest BCUT2D eigenvalue weighted by Gasteiger charge is -2.14. The maximum Gasteiger partial charge on any atom is 0.257 e. The Hall–Kier alpha value is -1.99. The number of amides is 1. The molecular formula is C13H13FN2O3S. The first-order valence-corrected chi connectivity index (χ1v) is 6.60. The number of hydrogen-bond acceptors (Lipinski definition) is 5. The van der Waals surface area contributed by atoms with Crippen molar-refractivity contribution in [3.8, 4) is 10.8 Å². The minimum atomic E-state index is -1.50. The Labute approximate surface area is 119 Å². The second-order valence-corrected chi connectivity index (χ2v) is 5.52. The molecule has 20 heavy (non-hydrogen) atoms. The van der Waals surface area contributed by atoms with Gasteiger partial charge in [0.2, 0.25) is 5.06 Å². The molecule has 2 rings (SSSR count). The zero-order valence-corrected chi connectivity index (χ0v) is 11.7. The average molecular weight is 296 g/mol. The van der Waals surface area contributed by atoms with E-state index >= 15 is 0 Å². The van der Waals surface area contributed by atoms with Crippen molar-refractivity contribution in [2.45, 2.75) is 19.4 Å². The van der Waals surface area contributed by atoms with E-state index in [0.29, 0.717) is 5.06 Å². The van der Waals surface area contributed by atoms with Gasteiger partial charge in [-0.3, -0.25) is 10.1 Å². The topological polar surface area (TPSA) is 71.5 Å². The first kappa shape index (κ1) is 14.4. The number of thiazole rings is 1. The van der Waals surface area contributed by atoms with Crippen LogP contribution in [0.4, 0.5) is 9.52 Å². The van der Waals surface area contributed by atoms with Crippen LogP contribution < -0.4 is 10.1 Å². The van der Waals surface area contributed by atoms with Crippen molar-refractivity contribution in [1.82, 2.24) is 4.98 Å². The lowest BCUT2D eigenvalue weighted by Crippen LogP contribution is -2.36. The van der Waals surface area contributed by atoms with Crippen LogP contribution in [0.3, 0.4) is 0 Å². The highest BCUT2D eigenvalue weighted by Gasteiger charge is 2.24. The fourth-order valence-electron chi connectivity index (χ4n) is 1.25. The number of carbonyl (C=O) groups excluding carboxylic acids is 1. The number of nitrogens with zero attached hydrogens (tertiary/aromatic N) is 1. The van der Waals surface area contributed by atoms with E-state index in [2.05, 4.69) is 10.3 Å². The van der Waals surface area contributed by atoms with Gasteiger partial charge >= 0.3 is 0 Å². The van der Waals surface area contributed by atoms with E-state index in [0.717, 1.165) is 11.3 Å². The van der Waals surface area contributed by atoms with Crippen molar-refractivity contribution < 1.29 is 19.0 Å². The number of ether oxygens (including phenoxy) is 1. The van der Waals surface area contributed by atoms with Gasteiger partial charge in [-0.05, 0) is 26.0 Å². The third-order valence-corrected chi connectivity index (χ3v) is 3.10. The number of anilines is 1. The molecule has 0 aliphatic heterocycles. The normalized spacial score (nSPS) is 11.2. The molecule has 2 aromatic rings. The van der Waals surface area contributed by atoms with Crippen molar-refractivity contribution in [3.63, 3.8) is 0 Å². The summed E-state index contributed by atoms with van der Waals surface area (Å²) < 4.78 is 18.7. The van der Waals surface area contributed by atoms with E-state index in [9.17, 15) is 14.3 Å². The number of nitrogens with one attached hydrogen (secondary N) is 1. The predicted molar refractivity (Wildman–Crippen MR) is 73.5 cm³/mol. The summed E-state index contributed by atoms with van der Waals surface area (Å²) >= 11 is 1.04. The van der Waals surface area contributed by atoms with Gasteiger partial charge < -0.3 is 9.84 Å². The molecular weight excluding hydrogens is 283 g/mol. The Kier molecular flexibility index (Phi) is 4.01. The molecule has 0 unspecified atom stereocenters. The Morgan fingerprint density at radius 2 is 2.15 bits per heavy atom. The van der Waals surface area contributed by atoms with Crippen molar-refractivity contribution in [3.05, 3.63) is 36.3 Å². The van der Waals surface area contributed by atoms with Crippen molar-refractivity contribution >= 4 is 22.4 Å². The summed E-state index contributed by atoms with van der Waals surface area (Å²) in [5, 5.41) is 12.6. The molecule has 0 saturated heterocycles. The molecule has 5 nitrogen and oxygen atoms in total. The highest BCUT2D eigenvalue weighted by atomic mass is 32.1. The lowest BCUT2D eigenvalue weighted by molar-refractivity contribution is -0.130. The monoisotopic (exact) mass is 296 g/mol. The fourth-order valence-corrected chi connectivity index (χ4v) is 1.93. The minimum Gasteiger partial charge on any atom is -0.442 e. The number of carbonyl (C=O) groups is 1. The van der Waals surface area contributed by atoms with Crippen LogP contribution in [0.5, 0.6) is 10.8 Å². The second kappa shape index (κ2) is 5.56. The Morgan fingerprint density at radius 1 is 1.45 bits per heavy atom. The first-order chi connectivity index (χ1) is 9.36. The van der Waals surface area contributed by atoms with E-state index in [1.165, 1.54) is 32.2 Å². The summed E-state index contributed by atoms with van der Waals surface area (Å²) in [5.41, 5.74) is -1.50. The SMILES string of the molecule is CC(C)(O)C(=O)Nc1ncc(Oc2ccccc2F)s1. The maximum atomic E-state index is 13.4. The van der Waals surface area contributed by atoms with Gasteiger partial charge in [0.05, 0.1) is 6.20 Å². The number of rotatable bonds is 4. The smallest absolute Gasteiger partial charge is 0.257 e. The lowest BCUT2D eigenvalue weighted by atomic mass is 10.1. The zero-order valence-electron chi connectivity index (χ0n) is 10.9. The van der Waals surface area contributed by atoms with Crippen LogP contribution in [0, 0.1) is 5.82 Å². The van der Waals surface area contributed by atoms with Gasteiger partial charge in [-0.1, -0.05) is 23.5 Å². The zero-order chi connectivity index (χ0) is 14.8. The fraction of sp³-hybridized carbons (Fsp3) is 0.231. The summed E-state index contributed by atoms with van der Waals surface area (Å²) in [5.74, 6) is -0.983. The van der Waals surface area contributed by atoms with Crippen LogP contribution in [0.25, 0.3) is 0 Å². The third-order valence-electron chi connectivity index (χ3n) is 2.31. The van der Waals surface area contributed by atoms with Crippen molar-refractivity contribution in [1.29, 1.82) is 0 Å². The number of benzene rings is 1. The van der Waals surface area contributed by atoms with E-state index in [1.807, 2.05) is 0 Å². The molecule has 1 amide bonds. The second-order valence-electron chi connectivity index (χ2n) is 4.53. The van der Waals surface area contributed by atoms with Crippen LogP contribution in [0.1, 0.15) is 13.8 Å². The molecule has 0 fully saturated rings. The van der Waals surface area contributed by atoms with Gasteiger partial charge in [-0.2, -0.15) is 0 Å². The van der Waals surface area contributed by atoms with Gasteiger partial charge in [0.15, 0.2) is 16.7 Å². The number of aliphatic hydroxyl groups is 1. The van der Waals surface area contributed by atoms with Crippen molar-refractivity contribution in [2.75, 3.05) is 5.32 Å². The average Bonchev–Trinajstić information content (AvgIpc) is 2.78.